The highest BCUT2D eigenvalue weighted by Crippen LogP contribution is 2.22. The van der Waals surface area contributed by atoms with Gasteiger partial charge in [-0.3, -0.25) is 4.98 Å². The molecule has 0 saturated heterocycles. The summed E-state index contributed by atoms with van der Waals surface area (Å²) < 4.78 is 5.45. The van der Waals surface area contributed by atoms with Gasteiger partial charge in [0.2, 0.25) is 0 Å². The highest BCUT2D eigenvalue weighted by atomic mass is 32.1. The lowest BCUT2D eigenvalue weighted by Gasteiger charge is -2.08. The van der Waals surface area contributed by atoms with Crippen LogP contribution in [0.15, 0.2) is 24.3 Å². The fraction of sp³-hybridized carbons (Fsp3) is 0.231. The Kier molecular flexibility index (Phi) is 3.24. The summed E-state index contributed by atoms with van der Waals surface area (Å²) in [7, 11) is 0. The fourth-order valence-corrected chi connectivity index (χ4v) is 1.85. The third kappa shape index (κ3) is 2.71. The Bertz CT molecular complexity index is 581. The summed E-state index contributed by atoms with van der Waals surface area (Å²) in [5.41, 5.74) is 8.54. The number of hydrogen-bond acceptors (Lipinski definition) is 3. The first-order chi connectivity index (χ1) is 8.06. The maximum Gasteiger partial charge on any atom is 0.138 e. The Balaban J connectivity index is 2.39. The molecule has 0 aliphatic carbocycles. The smallest absolute Gasteiger partial charge is 0.138 e. The molecule has 0 spiro atoms. The van der Waals surface area contributed by atoms with Crippen molar-refractivity contribution in [1.82, 2.24) is 4.98 Å². The van der Waals surface area contributed by atoms with Gasteiger partial charge in [0.05, 0.1) is 5.52 Å². The van der Waals surface area contributed by atoms with Crippen LogP contribution < -0.4 is 10.5 Å². The van der Waals surface area contributed by atoms with E-state index in [-0.39, 0.29) is 6.61 Å². The zero-order chi connectivity index (χ0) is 12.4. The molecule has 1 aromatic heterocycles. The first kappa shape index (κ1) is 11.8. The van der Waals surface area contributed by atoms with E-state index in [0.717, 1.165) is 22.3 Å². The molecule has 0 amide bonds. The van der Waals surface area contributed by atoms with Gasteiger partial charge in [-0.2, -0.15) is 0 Å². The summed E-state index contributed by atoms with van der Waals surface area (Å²) in [6.45, 7) is 4.31. The van der Waals surface area contributed by atoms with E-state index in [9.17, 15) is 0 Å². The summed E-state index contributed by atoms with van der Waals surface area (Å²) in [4.78, 5) is 4.83. The van der Waals surface area contributed by atoms with Gasteiger partial charge < -0.3 is 10.5 Å². The van der Waals surface area contributed by atoms with E-state index in [4.69, 9.17) is 22.7 Å². The normalized spacial score (nSPS) is 10.5. The molecule has 0 aliphatic rings. The van der Waals surface area contributed by atoms with Crippen molar-refractivity contribution < 1.29 is 4.74 Å². The van der Waals surface area contributed by atoms with Crippen LogP contribution in [0.1, 0.15) is 11.3 Å². The van der Waals surface area contributed by atoms with Crippen molar-refractivity contribution in [1.29, 1.82) is 0 Å². The lowest BCUT2D eigenvalue weighted by atomic mass is 10.1. The summed E-state index contributed by atoms with van der Waals surface area (Å²) in [6, 6.07) is 7.89. The predicted molar refractivity (Wildman–Crippen MR) is 73.5 cm³/mol. The molecule has 0 aliphatic heterocycles. The van der Waals surface area contributed by atoms with E-state index < -0.39 is 0 Å². The zero-order valence-electron chi connectivity index (χ0n) is 9.86. The Morgan fingerprint density at radius 3 is 2.82 bits per heavy atom. The number of pyridine rings is 1. The molecular weight excluding hydrogens is 232 g/mol. The maximum atomic E-state index is 5.45. The molecule has 2 aromatic rings. The van der Waals surface area contributed by atoms with E-state index in [1.165, 1.54) is 5.56 Å². The Hall–Kier alpha value is -1.68. The second-order valence-corrected chi connectivity index (χ2v) is 4.54. The van der Waals surface area contributed by atoms with Gasteiger partial charge in [0.25, 0.3) is 0 Å². The van der Waals surface area contributed by atoms with E-state index >= 15 is 0 Å². The lowest BCUT2D eigenvalue weighted by Crippen LogP contribution is -2.17. The number of aryl methyl sites for hydroxylation is 2. The molecule has 0 fully saturated rings. The van der Waals surface area contributed by atoms with Crippen molar-refractivity contribution in [3.05, 3.63) is 35.5 Å². The van der Waals surface area contributed by atoms with Crippen LogP contribution in [-0.4, -0.2) is 16.6 Å². The number of nitrogens with two attached hydrogens (primary N) is 1. The number of thiocarbonyl (C=S) groups is 1. The monoisotopic (exact) mass is 246 g/mol. The molecule has 3 nitrogen and oxygen atoms in total. The average Bonchev–Trinajstić information content (AvgIpc) is 2.25. The highest BCUT2D eigenvalue weighted by Gasteiger charge is 2.03. The van der Waals surface area contributed by atoms with Crippen molar-refractivity contribution in [2.75, 3.05) is 6.61 Å². The third-order valence-corrected chi connectivity index (χ3v) is 2.62. The molecule has 0 bridgehead atoms. The number of rotatable bonds is 3. The first-order valence-corrected chi connectivity index (χ1v) is 5.76. The molecule has 0 unspecified atom stereocenters. The molecule has 2 N–H and O–H groups in total. The number of fused-ring (bicyclic) bond motifs is 1. The van der Waals surface area contributed by atoms with Gasteiger partial charge in [0, 0.05) is 17.1 Å². The Morgan fingerprint density at radius 2 is 2.12 bits per heavy atom. The van der Waals surface area contributed by atoms with Crippen LogP contribution in [0.2, 0.25) is 0 Å². The predicted octanol–water partition coefficient (Wildman–Crippen LogP) is 2.52. The quantitative estimate of drug-likeness (QED) is 0.845. The van der Waals surface area contributed by atoms with Crippen LogP contribution in [-0.2, 0) is 0 Å². The fourth-order valence-electron chi connectivity index (χ4n) is 1.80. The number of aromatic nitrogens is 1. The molecule has 2 rings (SSSR count). The van der Waals surface area contributed by atoms with Gasteiger partial charge in [-0.25, -0.2) is 0 Å². The molecule has 0 atom stereocenters. The van der Waals surface area contributed by atoms with Crippen LogP contribution in [0.5, 0.6) is 5.75 Å². The Morgan fingerprint density at radius 1 is 1.35 bits per heavy atom. The van der Waals surface area contributed by atoms with Gasteiger partial charge in [-0.05, 0) is 37.6 Å². The first-order valence-electron chi connectivity index (χ1n) is 5.35. The molecule has 1 aromatic carbocycles. The minimum Gasteiger partial charge on any atom is -0.486 e. The van der Waals surface area contributed by atoms with Gasteiger partial charge in [0.1, 0.15) is 17.3 Å². The molecule has 88 valence electrons. The standard InChI is InChI=1S/C13H14N2OS/c1-8-5-9(2)15-12-6-10(3-4-11(8)12)16-7-13(14)17/h3-6H,7H2,1-2H3,(H2,14,17). The van der Waals surface area contributed by atoms with Gasteiger partial charge >= 0.3 is 0 Å². The van der Waals surface area contributed by atoms with Gasteiger partial charge in [-0.1, -0.05) is 12.2 Å². The van der Waals surface area contributed by atoms with Crippen LogP contribution in [0, 0.1) is 13.8 Å². The van der Waals surface area contributed by atoms with Crippen LogP contribution in [0.3, 0.4) is 0 Å². The number of ether oxygens (including phenoxy) is 1. The van der Waals surface area contributed by atoms with Crippen LogP contribution in [0.25, 0.3) is 10.9 Å². The van der Waals surface area contributed by atoms with Crippen molar-refractivity contribution in [3.63, 3.8) is 0 Å². The average molecular weight is 246 g/mol. The van der Waals surface area contributed by atoms with E-state index in [1.807, 2.05) is 25.1 Å². The minimum atomic E-state index is 0.256. The molecule has 1 heterocycles. The topological polar surface area (TPSA) is 48.1 Å². The van der Waals surface area contributed by atoms with Gasteiger partial charge in [0.15, 0.2) is 0 Å². The van der Waals surface area contributed by atoms with Crippen molar-refractivity contribution in [3.8, 4) is 5.75 Å². The molecular formula is C13H14N2OS. The Labute approximate surface area is 106 Å². The number of hydrogen-bond donors (Lipinski definition) is 1. The molecule has 4 heteroatoms. The number of nitrogens with zero attached hydrogens (tertiary/aromatic N) is 1. The molecule has 17 heavy (non-hydrogen) atoms. The van der Waals surface area contributed by atoms with Crippen LogP contribution >= 0.6 is 12.2 Å². The summed E-state index contributed by atoms with van der Waals surface area (Å²) in [5.74, 6) is 0.739. The second kappa shape index (κ2) is 4.67. The second-order valence-electron chi connectivity index (χ2n) is 4.01. The minimum absolute atomic E-state index is 0.256. The third-order valence-electron chi connectivity index (χ3n) is 2.50. The van der Waals surface area contributed by atoms with E-state index in [2.05, 4.69) is 18.0 Å². The summed E-state index contributed by atoms with van der Waals surface area (Å²) in [6.07, 6.45) is 0. The van der Waals surface area contributed by atoms with Gasteiger partial charge in [-0.15, -0.1) is 0 Å². The maximum absolute atomic E-state index is 5.45. The highest BCUT2D eigenvalue weighted by molar-refractivity contribution is 7.80. The van der Waals surface area contributed by atoms with Crippen molar-refractivity contribution >= 4 is 28.1 Å². The summed E-state index contributed by atoms with van der Waals surface area (Å²) in [5, 5.41) is 1.14. The SMILES string of the molecule is Cc1cc(C)c2ccc(OCC(N)=S)cc2n1. The van der Waals surface area contributed by atoms with Crippen molar-refractivity contribution in [2.24, 2.45) is 5.73 Å². The van der Waals surface area contributed by atoms with Crippen molar-refractivity contribution in [2.45, 2.75) is 13.8 Å². The van der Waals surface area contributed by atoms with Crippen LogP contribution in [0.4, 0.5) is 0 Å². The molecule has 0 saturated carbocycles. The lowest BCUT2D eigenvalue weighted by molar-refractivity contribution is 0.378. The summed E-state index contributed by atoms with van der Waals surface area (Å²) >= 11 is 4.77. The molecule has 0 radical (unpaired) electrons. The zero-order valence-corrected chi connectivity index (χ0v) is 10.7. The largest absolute Gasteiger partial charge is 0.486 e. The van der Waals surface area contributed by atoms with E-state index in [0.29, 0.717) is 4.99 Å². The number of benzene rings is 1. The van der Waals surface area contributed by atoms with E-state index in [1.54, 1.807) is 0 Å².